The van der Waals surface area contributed by atoms with Crippen molar-refractivity contribution in [2.24, 2.45) is 0 Å². The van der Waals surface area contributed by atoms with Crippen molar-refractivity contribution in [2.75, 3.05) is 0 Å². The van der Waals surface area contributed by atoms with Crippen LogP contribution in [-0.2, 0) is 0 Å². The second kappa shape index (κ2) is 9.26. The van der Waals surface area contributed by atoms with Gasteiger partial charge in [0.1, 0.15) is 24.0 Å². The minimum absolute atomic E-state index is 0.0700. The van der Waals surface area contributed by atoms with Crippen LogP contribution in [-0.4, -0.2) is 29.0 Å². The molecule has 29 heavy (non-hydrogen) atoms. The van der Waals surface area contributed by atoms with Gasteiger partial charge in [0.15, 0.2) is 0 Å². The van der Waals surface area contributed by atoms with E-state index in [1.165, 1.54) is 0 Å². The summed E-state index contributed by atoms with van der Waals surface area (Å²) in [5.74, 6) is 0.653. The van der Waals surface area contributed by atoms with Crippen molar-refractivity contribution in [1.82, 2.24) is 4.90 Å². The number of carbonyl (C=O) groups excluding carboxylic acids is 1. The van der Waals surface area contributed by atoms with Crippen LogP contribution in [0.3, 0.4) is 0 Å². The summed E-state index contributed by atoms with van der Waals surface area (Å²) in [7, 11) is 0. The van der Waals surface area contributed by atoms with Crippen molar-refractivity contribution in [3.63, 3.8) is 0 Å². The molecule has 1 saturated heterocycles. The number of hydrogen-bond donors (Lipinski definition) is 0. The highest BCUT2D eigenvalue weighted by atomic mass is 16.5. The van der Waals surface area contributed by atoms with E-state index in [0.29, 0.717) is 22.4 Å². The molecule has 1 aliphatic rings. The lowest BCUT2D eigenvalue weighted by atomic mass is 10.0. The SMILES string of the molecule is CCC(CC1CCC(C)N1C(=O)c1ccccc1)Oc1ccc(C#N)c(C#N)c1. The topological polar surface area (TPSA) is 77.1 Å². The largest absolute Gasteiger partial charge is 0.490 e. The van der Waals surface area contributed by atoms with Gasteiger partial charge in [0.2, 0.25) is 0 Å². The molecule has 0 bridgehead atoms. The van der Waals surface area contributed by atoms with Gasteiger partial charge in [0.25, 0.3) is 5.91 Å². The standard InChI is InChI=1S/C24H25N3O2/c1-3-22(29-23-12-10-19(15-25)20(13-23)16-26)14-21-11-9-17(2)27(21)24(28)18-7-5-4-6-8-18/h4-8,10,12-13,17,21-22H,3,9,11,14H2,1-2H3. The molecule has 148 valence electrons. The number of carbonyl (C=O) groups is 1. The van der Waals surface area contributed by atoms with Crippen LogP contribution in [0.5, 0.6) is 5.75 Å². The average molecular weight is 387 g/mol. The molecule has 3 rings (SSSR count). The minimum Gasteiger partial charge on any atom is -0.490 e. The van der Waals surface area contributed by atoms with Crippen LogP contribution >= 0.6 is 0 Å². The first-order chi connectivity index (χ1) is 14.1. The molecule has 2 aromatic carbocycles. The van der Waals surface area contributed by atoms with Crippen molar-refractivity contribution in [2.45, 2.75) is 57.7 Å². The lowest BCUT2D eigenvalue weighted by Gasteiger charge is -2.31. The zero-order chi connectivity index (χ0) is 20.8. The van der Waals surface area contributed by atoms with Crippen LogP contribution in [0.15, 0.2) is 48.5 Å². The van der Waals surface area contributed by atoms with Crippen molar-refractivity contribution >= 4 is 5.91 Å². The number of benzene rings is 2. The maximum absolute atomic E-state index is 13.1. The average Bonchev–Trinajstić information content (AvgIpc) is 3.12. The molecule has 0 aliphatic carbocycles. The van der Waals surface area contributed by atoms with Gasteiger partial charge in [0, 0.05) is 24.1 Å². The Kier molecular flexibility index (Phi) is 6.52. The summed E-state index contributed by atoms with van der Waals surface area (Å²) in [6.07, 6.45) is 3.39. The molecule has 5 nitrogen and oxygen atoms in total. The molecule has 3 atom stereocenters. The highest BCUT2D eigenvalue weighted by molar-refractivity contribution is 5.94. The van der Waals surface area contributed by atoms with Gasteiger partial charge in [-0.25, -0.2) is 0 Å². The van der Waals surface area contributed by atoms with Gasteiger partial charge in [-0.05, 0) is 56.5 Å². The van der Waals surface area contributed by atoms with Crippen LogP contribution in [0.4, 0.5) is 0 Å². The Labute approximate surface area is 172 Å². The lowest BCUT2D eigenvalue weighted by Crippen LogP contribution is -2.42. The number of amides is 1. The summed E-state index contributed by atoms with van der Waals surface area (Å²) >= 11 is 0. The van der Waals surface area contributed by atoms with Crippen LogP contribution in [0.2, 0.25) is 0 Å². The zero-order valence-corrected chi connectivity index (χ0v) is 16.8. The third-order valence-corrected chi connectivity index (χ3v) is 5.57. The molecular weight excluding hydrogens is 362 g/mol. The van der Waals surface area contributed by atoms with Crippen LogP contribution < -0.4 is 4.74 Å². The molecule has 0 radical (unpaired) electrons. The van der Waals surface area contributed by atoms with E-state index in [4.69, 9.17) is 10.00 Å². The van der Waals surface area contributed by atoms with Crippen LogP contribution in [0.25, 0.3) is 0 Å². The molecule has 0 spiro atoms. The van der Waals surface area contributed by atoms with Crippen molar-refractivity contribution < 1.29 is 9.53 Å². The summed E-state index contributed by atoms with van der Waals surface area (Å²) < 4.78 is 6.14. The van der Waals surface area contributed by atoms with Crippen molar-refractivity contribution in [1.29, 1.82) is 10.5 Å². The molecule has 0 N–H and O–H groups in total. The Bertz CT molecular complexity index is 943. The highest BCUT2D eigenvalue weighted by Gasteiger charge is 2.36. The Morgan fingerprint density at radius 3 is 2.52 bits per heavy atom. The number of likely N-dealkylation sites (tertiary alicyclic amines) is 1. The second-order valence-corrected chi connectivity index (χ2v) is 7.47. The fraction of sp³-hybridized carbons (Fsp3) is 0.375. The molecule has 1 amide bonds. The van der Waals surface area contributed by atoms with E-state index in [1.54, 1.807) is 18.2 Å². The first-order valence-corrected chi connectivity index (χ1v) is 10.1. The molecule has 3 unspecified atom stereocenters. The second-order valence-electron chi connectivity index (χ2n) is 7.47. The summed E-state index contributed by atoms with van der Waals surface area (Å²) in [5, 5.41) is 18.3. The molecule has 0 aromatic heterocycles. The van der Waals surface area contributed by atoms with Crippen LogP contribution in [0, 0.1) is 22.7 Å². The van der Waals surface area contributed by atoms with Crippen molar-refractivity contribution in [3.05, 3.63) is 65.2 Å². The Morgan fingerprint density at radius 1 is 1.14 bits per heavy atom. The molecular formula is C24H25N3O2. The Hall–Kier alpha value is -3.31. The van der Waals surface area contributed by atoms with Crippen LogP contribution in [0.1, 0.15) is 61.0 Å². The number of nitriles is 2. The first kappa shape index (κ1) is 20.4. The maximum atomic E-state index is 13.1. The fourth-order valence-electron chi connectivity index (χ4n) is 3.98. The van der Waals surface area contributed by atoms with Gasteiger partial charge < -0.3 is 9.64 Å². The highest BCUT2D eigenvalue weighted by Crippen LogP contribution is 2.30. The van der Waals surface area contributed by atoms with Gasteiger partial charge in [0.05, 0.1) is 11.1 Å². The predicted octanol–water partition coefficient (Wildman–Crippen LogP) is 4.67. The molecule has 2 aromatic rings. The number of hydrogen-bond acceptors (Lipinski definition) is 4. The molecule has 5 heteroatoms. The number of ether oxygens (including phenoxy) is 1. The first-order valence-electron chi connectivity index (χ1n) is 10.1. The van der Waals surface area contributed by atoms with E-state index in [9.17, 15) is 10.1 Å². The molecule has 1 heterocycles. The summed E-state index contributed by atoms with van der Waals surface area (Å²) in [5.41, 5.74) is 1.37. The quantitative estimate of drug-likeness (QED) is 0.721. The van der Waals surface area contributed by atoms with E-state index in [-0.39, 0.29) is 24.1 Å². The summed E-state index contributed by atoms with van der Waals surface area (Å²) in [4.78, 5) is 15.1. The normalized spacial score (nSPS) is 19.2. The molecule has 1 aliphatic heterocycles. The van der Waals surface area contributed by atoms with E-state index >= 15 is 0 Å². The minimum atomic E-state index is -0.0733. The van der Waals surface area contributed by atoms with Gasteiger partial charge in [-0.15, -0.1) is 0 Å². The Balaban J connectivity index is 1.73. The monoisotopic (exact) mass is 387 g/mol. The fourth-order valence-corrected chi connectivity index (χ4v) is 3.98. The summed E-state index contributed by atoms with van der Waals surface area (Å²) in [6.45, 7) is 4.16. The summed E-state index contributed by atoms with van der Waals surface area (Å²) in [6, 6.07) is 18.7. The third-order valence-electron chi connectivity index (χ3n) is 5.57. The maximum Gasteiger partial charge on any atom is 0.254 e. The third kappa shape index (κ3) is 4.58. The zero-order valence-electron chi connectivity index (χ0n) is 16.8. The van der Waals surface area contributed by atoms with Gasteiger partial charge in [-0.2, -0.15) is 10.5 Å². The molecule has 1 fully saturated rings. The van der Waals surface area contributed by atoms with E-state index in [0.717, 1.165) is 25.7 Å². The predicted molar refractivity (Wildman–Crippen MR) is 110 cm³/mol. The van der Waals surface area contributed by atoms with Gasteiger partial charge in [-0.3, -0.25) is 4.79 Å². The smallest absolute Gasteiger partial charge is 0.254 e. The van der Waals surface area contributed by atoms with Gasteiger partial charge in [-0.1, -0.05) is 25.1 Å². The van der Waals surface area contributed by atoms with Gasteiger partial charge >= 0.3 is 0 Å². The van der Waals surface area contributed by atoms with E-state index < -0.39 is 0 Å². The van der Waals surface area contributed by atoms with Crippen molar-refractivity contribution in [3.8, 4) is 17.9 Å². The van der Waals surface area contributed by atoms with E-state index in [1.807, 2.05) is 47.4 Å². The van der Waals surface area contributed by atoms with E-state index in [2.05, 4.69) is 13.8 Å². The number of rotatable bonds is 6. The lowest BCUT2D eigenvalue weighted by molar-refractivity contribution is 0.0619. The Morgan fingerprint density at radius 2 is 1.86 bits per heavy atom. The molecule has 0 saturated carbocycles. The number of nitrogens with zero attached hydrogens (tertiary/aromatic N) is 3.